The van der Waals surface area contributed by atoms with Crippen molar-refractivity contribution in [2.45, 2.75) is 19.8 Å². The summed E-state index contributed by atoms with van der Waals surface area (Å²) in [6, 6.07) is 7.20. The van der Waals surface area contributed by atoms with E-state index < -0.39 is 0 Å². The third kappa shape index (κ3) is 4.02. The van der Waals surface area contributed by atoms with Crippen LogP contribution in [-0.2, 0) is 4.79 Å². The third-order valence-corrected chi connectivity index (χ3v) is 1.94. The summed E-state index contributed by atoms with van der Waals surface area (Å²) in [5, 5.41) is 2.72. The van der Waals surface area contributed by atoms with Crippen LogP contribution in [0.2, 0.25) is 0 Å². The monoisotopic (exact) mass is 199 g/mol. The molecule has 2 nitrogen and oxygen atoms in total. The van der Waals surface area contributed by atoms with Gasteiger partial charge in [-0.2, -0.15) is 0 Å². The first-order valence-electron chi connectivity index (χ1n) is 5.06. The molecule has 1 N–H and O–H groups in total. The standard InChI is InChI=1S/C12H14BNO/c1-2-3-4-9-12(15)14-11-8-6-5-7-10(11)13/h4-9H,2-3H2,1H3,(H,14,15)/b9-4+. The molecular weight excluding hydrogens is 185 g/mol. The summed E-state index contributed by atoms with van der Waals surface area (Å²) in [6.45, 7) is 2.07. The van der Waals surface area contributed by atoms with Gasteiger partial charge in [0.2, 0.25) is 5.91 Å². The largest absolute Gasteiger partial charge is 0.323 e. The minimum absolute atomic E-state index is 0.138. The molecule has 1 aromatic rings. The molecule has 1 aromatic carbocycles. The van der Waals surface area contributed by atoms with E-state index in [0.717, 1.165) is 12.8 Å². The topological polar surface area (TPSA) is 29.1 Å². The van der Waals surface area contributed by atoms with Gasteiger partial charge < -0.3 is 5.32 Å². The number of benzene rings is 1. The predicted molar refractivity (Wildman–Crippen MR) is 64.5 cm³/mol. The van der Waals surface area contributed by atoms with Gasteiger partial charge in [0.05, 0.1) is 0 Å². The Morgan fingerprint density at radius 3 is 2.87 bits per heavy atom. The fourth-order valence-electron chi connectivity index (χ4n) is 1.14. The number of nitrogens with one attached hydrogen (secondary N) is 1. The van der Waals surface area contributed by atoms with Crippen molar-refractivity contribution in [1.82, 2.24) is 0 Å². The molecule has 0 saturated heterocycles. The molecule has 0 atom stereocenters. The number of unbranched alkanes of at least 4 members (excludes halogenated alkanes) is 1. The van der Waals surface area contributed by atoms with Crippen molar-refractivity contribution in [3.63, 3.8) is 0 Å². The molecule has 1 rings (SSSR count). The second kappa shape index (κ2) is 6.07. The van der Waals surface area contributed by atoms with E-state index in [1.165, 1.54) is 6.08 Å². The van der Waals surface area contributed by atoms with Gasteiger partial charge in [0.15, 0.2) is 0 Å². The molecule has 2 radical (unpaired) electrons. The highest BCUT2D eigenvalue weighted by atomic mass is 16.1. The van der Waals surface area contributed by atoms with Crippen LogP contribution in [-0.4, -0.2) is 13.8 Å². The van der Waals surface area contributed by atoms with Gasteiger partial charge in [-0.05, 0) is 18.6 Å². The van der Waals surface area contributed by atoms with Gasteiger partial charge in [0.25, 0.3) is 0 Å². The zero-order valence-corrected chi connectivity index (χ0v) is 8.86. The van der Waals surface area contributed by atoms with Gasteiger partial charge >= 0.3 is 0 Å². The number of rotatable bonds is 4. The van der Waals surface area contributed by atoms with E-state index in [1.807, 2.05) is 18.2 Å². The lowest BCUT2D eigenvalue weighted by Crippen LogP contribution is -2.16. The zero-order chi connectivity index (χ0) is 11.1. The average molecular weight is 199 g/mol. The van der Waals surface area contributed by atoms with Crippen molar-refractivity contribution >= 4 is 24.9 Å². The van der Waals surface area contributed by atoms with Crippen LogP contribution in [0.15, 0.2) is 36.4 Å². The van der Waals surface area contributed by atoms with Crippen LogP contribution in [0.1, 0.15) is 19.8 Å². The lowest BCUT2D eigenvalue weighted by Gasteiger charge is -2.05. The maximum atomic E-state index is 11.4. The molecule has 15 heavy (non-hydrogen) atoms. The highest BCUT2D eigenvalue weighted by Gasteiger charge is 1.98. The smallest absolute Gasteiger partial charge is 0.248 e. The van der Waals surface area contributed by atoms with E-state index in [2.05, 4.69) is 12.2 Å². The summed E-state index contributed by atoms with van der Waals surface area (Å²) < 4.78 is 0. The first-order chi connectivity index (χ1) is 7.24. The second-order valence-corrected chi connectivity index (χ2v) is 3.27. The van der Waals surface area contributed by atoms with Gasteiger partial charge in [-0.15, -0.1) is 0 Å². The fraction of sp³-hybridized carbons (Fsp3) is 0.250. The van der Waals surface area contributed by atoms with Gasteiger partial charge in [0.1, 0.15) is 7.85 Å². The SMILES string of the molecule is [B]c1ccccc1NC(=O)/C=C/CCC. The Bertz CT molecular complexity index is 360. The van der Waals surface area contributed by atoms with E-state index in [1.54, 1.807) is 12.1 Å². The van der Waals surface area contributed by atoms with Crippen molar-refractivity contribution in [1.29, 1.82) is 0 Å². The normalized spacial score (nSPS) is 10.5. The molecule has 0 fully saturated rings. The molecule has 1 amide bonds. The van der Waals surface area contributed by atoms with Crippen LogP contribution in [0.5, 0.6) is 0 Å². The molecule has 3 heteroatoms. The van der Waals surface area contributed by atoms with E-state index in [4.69, 9.17) is 7.85 Å². The summed E-state index contributed by atoms with van der Waals surface area (Å²) in [4.78, 5) is 11.4. The summed E-state index contributed by atoms with van der Waals surface area (Å²) in [7, 11) is 5.68. The highest BCUT2D eigenvalue weighted by Crippen LogP contribution is 2.01. The minimum atomic E-state index is -0.138. The van der Waals surface area contributed by atoms with E-state index in [0.29, 0.717) is 11.2 Å². The van der Waals surface area contributed by atoms with Crippen molar-refractivity contribution in [2.24, 2.45) is 0 Å². The maximum Gasteiger partial charge on any atom is 0.248 e. The van der Waals surface area contributed by atoms with Crippen LogP contribution in [0, 0.1) is 0 Å². The molecule has 0 spiro atoms. The van der Waals surface area contributed by atoms with Gasteiger partial charge in [0, 0.05) is 5.69 Å². The number of carbonyl (C=O) groups is 1. The summed E-state index contributed by atoms with van der Waals surface area (Å²) in [5.74, 6) is -0.138. The summed E-state index contributed by atoms with van der Waals surface area (Å²) >= 11 is 0. The predicted octanol–water partition coefficient (Wildman–Crippen LogP) is 1.78. The Hall–Kier alpha value is -1.51. The van der Waals surface area contributed by atoms with E-state index >= 15 is 0 Å². The van der Waals surface area contributed by atoms with Crippen LogP contribution < -0.4 is 10.8 Å². The first kappa shape index (κ1) is 11.6. The quantitative estimate of drug-likeness (QED) is 0.581. The van der Waals surface area contributed by atoms with Crippen LogP contribution in [0.4, 0.5) is 5.69 Å². The van der Waals surface area contributed by atoms with E-state index in [9.17, 15) is 4.79 Å². The first-order valence-corrected chi connectivity index (χ1v) is 5.06. The van der Waals surface area contributed by atoms with E-state index in [-0.39, 0.29) is 5.91 Å². The van der Waals surface area contributed by atoms with Crippen molar-refractivity contribution in [3.05, 3.63) is 36.4 Å². The second-order valence-electron chi connectivity index (χ2n) is 3.27. The van der Waals surface area contributed by atoms with Gasteiger partial charge in [-0.3, -0.25) is 4.79 Å². The Morgan fingerprint density at radius 2 is 2.20 bits per heavy atom. The molecule has 0 aliphatic carbocycles. The molecule has 0 aliphatic rings. The van der Waals surface area contributed by atoms with Gasteiger partial charge in [-0.1, -0.05) is 43.1 Å². The molecule has 76 valence electrons. The fourth-order valence-corrected chi connectivity index (χ4v) is 1.14. The Morgan fingerprint density at radius 1 is 1.47 bits per heavy atom. The third-order valence-electron chi connectivity index (χ3n) is 1.94. The number of amides is 1. The van der Waals surface area contributed by atoms with Crippen molar-refractivity contribution < 1.29 is 4.79 Å². The lowest BCUT2D eigenvalue weighted by atomic mass is 9.94. The molecule has 0 aromatic heterocycles. The molecule has 0 unspecified atom stereocenters. The van der Waals surface area contributed by atoms with Crippen LogP contribution in [0.25, 0.3) is 0 Å². The lowest BCUT2D eigenvalue weighted by molar-refractivity contribution is -0.111. The molecule has 0 heterocycles. The Kier molecular flexibility index (Phi) is 4.68. The summed E-state index contributed by atoms with van der Waals surface area (Å²) in [6.07, 6.45) is 5.35. The summed E-state index contributed by atoms with van der Waals surface area (Å²) in [5.41, 5.74) is 1.23. The van der Waals surface area contributed by atoms with Crippen molar-refractivity contribution in [3.8, 4) is 0 Å². The maximum absolute atomic E-state index is 11.4. The number of allylic oxidation sites excluding steroid dienone is 1. The molecule has 0 aliphatic heterocycles. The molecular formula is C12H14BNO. The van der Waals surface area contributed by atoms with Gasteiger partial charge in [-0.25, -0.2) is 0 Å². The minimum Gasteiger partial charge on any atom is -0.323 e. The Balaban J connectivity index is 2.55. The Labute approximate surface area is 91.8 Å². The van der Waals surface area contributed by atoms with Crippen molar-refractivity contribution in [2.75, 3.05) is 5.32 Å². The zero-order valence-electron chi connectivity index (χ0n) is 8.86. The number of hydrogen-bond donors (Lipinski definition) is 1. The number of anilines is 1. The highest BCUT2D eigenvalue weighted by molar-refractivity contribution is 6.36. The number of carbonyl (C=O) groups excluding carboxylic acids is 1. The molecule has 0 bridgehead atoms. The van der Waals surface area contributed by atoms with Crippen LogP contribution in [0.3, 0.4) is 0 Å². The average Bonchev–Trinajstić information content (AvgIpc) is 2.22. The number of hydrogen-bond acceptors (Lipinski definition) is 1. The molecule has 0 saturated carbocycles. The number of para-hydroxylation sites is 1. The van der Waals surface area contributed by atoms with Crippen LogP contribution >= 0.6 is 0 Å².